The van der Waals surface area contributed by atoms with E-state index in [2.05, 4.69) is 22.0 Å². The van der Waals surface area contributed by atoms with Gasteiger partial charge < -0.3 is 24.5 Å². The van der Waals surface area contributed by atoms with Crippen LogP contribution in [0.15, 0.2) is 65.6 Å². The van der Waals surface area contributed by atoms with Crippen LogP contribution in [0.1, 0.15) is 74.1 Å². The van der Waals surface area contributed by atoms with Crippen molar-refractivity contribution in [3.63, 3.8) is 0 Å². The topological polar surface area (TPSA) is 91.9 Å². The van der Waals surface area contributed by atoms with Crippen LogP contribution in [0.4, 0.5) is 0 Å². The maximum absolute atomic E-state index is 13.1. The molecule has 0 aliphatic carbocycles. The minimum Gasteiger partial charge on any atom is -0.466 e. The van der Waals surface area contributed by atoms with Gasteiger partial charge in [0.05, 0.1) is 17.8 Å². The van der Waals surface area contributed by atoms with Crippen molar-refractivity contribution < 1.29 is 19.4 Å². The molecule has 0 atom stereocenters. The van der Waals surface area contributed by atoms with Gasteiger partial charge in [-0.15, -0.1) is 0 Å². The first-order valence-corrected chi connectivity index (χ1v) is 15.8. The fourth-order valence-corrected chi connectivity index (χ4v) is 6.29. The number of pyridine rings is 1. The number of allylic oxidation sites excluding steroid dienone is 1. The number of aliphatic hydroxyl groups is 1. The molecule has 2 N–H and O–H groups in total. The predicted molar refractivity (Wildman–Crippen MR) is 170 cm³/mol. The minimum atomic E-state index is -0.830. The summed E-state index contributed by atoms with van der Waals surface area (Å²) in [5.41, 5.74) is 3.91. The lowest BCUT2D eigenvalue weighted by Gasteiger charge is -2.38. The van der Waals surface area contributed by atoms with E-state index < -0.39 is 5.60 Å². The number of ether oxygens (including phenoxy) is 2. The van der Waals surface area contributed by atoms with Gasteiger partial charge in [0.15, 0.2) is 5.43 Å². The number of piperidine rings is 1. The number of aryl methyl sites for hydroxylation is 1. The van der Waals surface area contributed by atoms with Crippen LogP contribution in [0.3, 0.4) is 0 Å². The van der Waals surface area contributed by atoms with Crippen LogP contribution in [-0.2, 0) is 28.0 Å². The molecule has 228 valence electrons. The van der Waals surface area contributed by atoms with Gasteiger partial charge in [-0.3, -0.25) is 9.59 Å². The van der Waals surface area contributed by atoms with Gasteiger partial charge in [-0.25, -0.2) is 0 Å². The Morgan fingerprint density at radius 2 is 1.91 bits per heavy atom. The normalized spacial score (nSPS) is 17.0. The maximum Gasteiger partial charge on any atom is 0.305 e. The smallest absolute Gasteiger partial charge is 0.305 e. The number of H-pyrrole nitrogens is 1. The number of hydrogen-bond acceptors (Lipinski definition) is 6. The molecule has 1 aromatic heterocycles. The number of nitrogens with zero attached hydrogens (tertiary/aromatic N) is 1. The van der Waals surface area contributed by atoms with Crippen molar-refractivity contribution in [3.8, 4) is 11.6 Å². The van der Waals surface area contributed by atoms with Gasteiger partial charge in [0.1, 0.15) is 5.75 Å². The fourth-order valence-electron chi connectivity index (χ4n) is 6.16. The number of fused-ring (bicyclic) bond motifs is 2. The first-order chi connectivity index (χ1) is 20.9. The van der Waals surface area contributed by atoms with E-state index in [0.717, 1.165) is 74.2 Å². The third-order valence-electron chi connectivity index (χ3n) is 8.59. The molecule has 0 saturated carbocycles. The third kappa shape index (κ3) is 7.77. The van der Waals surface area contributed by atoms with Crippen molar-refractivity contribution in [2.45, 2.75) is 70.3 Å². The number of unbranched alkanes of at least 4 members (excludes halogenated alkanes) is 2. The molecule has 1 fully saturated rings. The van der Waals surface area contributed by atoms with Crippen LogP contribution in [0.2, 0.25) is 5.02 Å². The Kier molecular flexibility index (Phi) is 10.4. The molecule has 2 aliphatic heterocycles. The zero-order valence-electron chi connectivity index (χ0n) is 24.9. The fraction of sp³-hybridized carbons (Fsp3) is 0.429. The number of rotatable bonds is 11. The van der Waals surface area contributed by atoms with E-state index in [1.54, 1.807) is 12.3 Å². The standard InChI is InChI=1S/C35H41ClN2O5/c1-2-42-32(40)12-5-3-4-8-25-9-6-11-31-29(25)24-26(33-30(39)17-20-37-34(33)43-31)10-7-21-38-22-18-35(41,19-23-38)27-13-15-28(36)16-14-27/h6,9-11,13-17,20,41H,2-5,7-8,12,18-19,21-24H2,1H3,(H,37,39). The van der Waals surface area contributed by atoms with E-state index >= 15 is 0 Å². The van der Waals surface area contributed by atoms with Crippen LogP contribution in [0.5, 0.6) is 11.6 Å². The SMILES string of the molecule is CCOC(=O)CCCCCc1cccc2c1CC(=CCCN1CCC(O)(c3ccc(Cl)cc3)CC1)c1c([nH]ccc1=O)O2. The Morgan fingerprint density at radius 1 is 1.12 bits per heavy atom. The van der Waals surface area contributed by atoms with Gasteiger partial charge >= 0.3 is 5.97 Å². The second-order valence-corrected chi connectivity index (χ2v) is 11.9. The highest BCUT2D eigenvalue weighted by atomic mass is 35.5. The number of nitrogens with one attached hydrogen (secondary N) is 1. The van der Waals surface area contributed by atoms with E-state index in [9.17, 15) is 14.7 Å². The van der Waals surface area contributed by atoms with Crippen LogP contribution >= 0.6 is 11.6 Å². The average molecular weight is 605 g/mol. The molecule has 3 heterocycles. The van der Waals surface area contributed by atoms with Gasteiger partial charge in [0.25, 0.3) is 0 Å². The van der Waals surface area contributed by atoms with Crippen LogP contribution in [0, 0.1) is 0 Å². The highest BCUT2D eigenvalue weighted by Crippen LogP contribution is 2.39. The highest BCUT2D eigenvalue weighted by molar-refractivity contribution is 6.30. The number of likely N-dealkylation sites (tertiary alicyclic amines) is 1. The number of carbonyl (C=O) groups excluding carboxylic acids is 1. The van der Waals surface area contributed by atoms with Crippen molar-refractivity contribution in [1.29, 1.82) is 0 Å². The van der Waals surface area contributed by atoms with Gasteiger partial charge in [-0.1, -0.05) is 48.4 Å². The second-order valence-electron chi connectivity index (χ2n) is 11.5. The van der Waals surface area contributed by atoms with Crippen molar-refractivity contribution in [2.24, 2.45) is 0 Å². The lowest BCUT2D eigenvalue weighted by atomic mass is 9.84. The summed E-state index contributed by atoms with van der Waals surface area (Å²) in [6, 6.07) is 15.2. The van der Waals surface area contributed by atoms with Crippen LogP contribution < -0.4 is 10.2 Å². The summed E-state index contributed by atoms with van der Waals surface area (Å²) in [6.07, 6.45) is 10.6. The van der Waals surface area contributed by atoms with Crippen LogP contribution in [-0.4, -0.2) is 47.2 Å². The Labute approximate surface area is 258 Å². The molecular formula is C35H41ClN2O5. The molecule has 5 rings (SSSR count). The van der Waals surface area contributed by atoms with E-state index in [-0.39, 0.29) is 11.4 Å². The number of hydrogen-bond donors (Lipinski definition) is 2. The molecule has 7 nitrogen and oxygen atoms in total. The van der Waals surface area contributed by atoms with Crippen molar-refractivity contribution in [3.05, 3.63) is 98.3 Å². The number of aromatic amines is 1. The summed E-state index contributed by atoms with van der Waals surface area (Å²) in [7, 11) is 0. The van der Waals surface area contributed by atoms with Gasteiger partial charge in [0.2, 0.25) is 5.88 Å². The monoisotopic (exact) mass is 604 g/mol. The zero-order valence-corrected chi connectivity index (χ0v) is 25.6. The lowest BCUT2D eigenvalue weighted by Crippen LogP contribution is -2.42. The minimum absolute atomic E-state index is 0.0562. The number of aromatic nitrogens is 1. The predicted octanol–water partition coefficient (Wildman–Crippen LogP) is 6.80. The van der Waals surface area contributed by atoms with Crippen molar-refractivity contribution >= 4 is 23.1 Å². The quantitative estimate of drug-likeness (QED) is 0.185. The molecule has 0 amide bonds. The molecule has 8 heteroatoms. The van der Waals surface area contributed by atoms with Crippen molar-refractivity contribution in [2.75, 3.05) is 26.2 Å². The van der Waals surface area contributed by atoms with E-state index in [1.165, 1.54) is 5.56 Å². The lowest BCUT2D eigenvalue weighted by molar-refractivity contribution is -0.143. The first-order valence-electron chi connectivity index (χ1n) is 15.4. The highest BCUT2D eigenvalue weighted by Gasteiger charge is 2.33. The molecule has 0 unspecified atom stereocenters. The molecule has 0 spiro atoms. The summed E-state index contributed by atoms with van der Waals surface area (Å²) in [5, 5.41) is 11.9. The van der Waals surface area contributed by atoms with Gasteiger partial charge in [-0.2, -0.15) is 0 Å². The van der Waals surface area contributed by atoms with Gasteiger partial charge in [0, 0.05) is 55.3 Å². The summed E-state index contributed by atoms with van der Waals surface area (Å²) in [6.45, 7) is 4.68. The molecular weight excluding hydrogens is 564 g/mol. The maximum atomic E-state index is 13.1. The Balaban J connectivity index is 1.25. The van der Waals surface area contributed by atoms with Gasteiger partial charge in [-0.05, 0) is 80.3 Å². The van der Waals surface area contributed by atoms with Crippen molar-refractivity contribution in [1.82, 2.24) is 9.88 Å². The number of carbonyl (C=O) groups is 1. The average Bonchev–Trinajstić information content (AvgIpc) is 3.16. The Morgan fingerprint density at radius 3 is 2.67 bits per heavy atom. The molecule has 2 aromatic carbocycles. The second kappa shape index (κ2) is 14.4. The molecule has 0 radical (unpaired) electrons. The van der Waals surface area contributed by atoms with E-state index in [4.69, 9.17) is 21.1 Å². The third-order valence-corrected chi connectivity index (χ3v) is 8.84. The number of halogens is 1. The molecule has 1 saturated heterocycles. The largest absolute Gasteiger partial charge is 0.466 e. The number of benzene rings is 2. The van der Waals surface area contributed by atoms with E-state index in [1.807, 2.05) is 43.3 Å². The van der Waals surface area contributed by atoms with E-state index in [0.29, 0.717) is 48.8 Å². The zero-order chi connectivity index (χ0) is 30.2. The molecule has 3 aromatic rings. The molecule has 2 aliphatic rings. The summed E-state index contributed by atoms with van der Waals surface area (Å²) in [5.74, 6) is 1.12. The Hall–Kier alpha value is -3.39. The Bertz CT molecular complexity index is 1490. The number of esters is 1. The molecule has 0 bridgehead atoms. The molecule has 43 heavy (non-hydrogen) atoms. The summed E-state index contributed by atoms with van der Waals surface area (Å²) >= 11 is 6.04. The first kappa shape index (κ1) is 31.0. The summed E-state index contributed by atoms with van der Waals surface area (Å²) < 4.78 is 11.3. The van der Waals surface area contributed by atoms with Crippen LogP contribution in [0.25, 0.3) is 5.57 Å². The summed E-state index contributed by atoms with van der Waals surface area (Å²) in [4.78, 5) is 30.3.